The minimum Gasteiger partial charge on any atom is -0.353 e. The van der Waals surface area contributed by atoms with Crippen molar-refractivity contribution in [1.82, 2.24) is 20.0 Å². The molecule has 1 saturated heterocycles. The molecule has 0 bridgehead atoms. The fourth-order valence-electron chi connectivity index (χ4n) is 2.11. The number of rotatable bonds is 4. The monoisotopic (exact) mass is 279 g/mol. The average Bonchev–Trinajstić information content (AvgIpc) is 2.77. The van der Waals surface area contributed by atoms with E-state index in [2.05, 4.69) is 22.7 Å². The molecule has 0 spiro atoms. The van der Waals surface area contributed by atoms with Gasteiger partial charge in [0.15, 0.2) is 0 Å². The lowest BCUT2D eigenvalue weighted by Gasteiger charge is -2.26. The van der Waals surface area contributed by atoms with Gasteiger partial charge < -0.3 is 15.5 Å². The molecule has 0 radical (unpaired) electrons. The summed E-state index contributed by atoms with van der Waals surface area (Å²) in [5.41, 5.74) is 1.64. The van der Waals surface area contributed by atoms with Crippen molar-refractivity contribution in [1.29, 1.82) is 0 Å². The summed E-state index contributed by atoms with van der Waals surface area (Å²) in [7, 11) is 0. The molecule has 1 aliphatic heterocycles. The molecule has 7 nitrogen and oxygen atoms in total. The van der Waals surface area contributed by atoms with Crippen molar-refractivity contribution in [3.05, 3.63) is 11.9 Å². The van der Waals surface area contributed by atoms with E-state index in [1.54, 1.807) is 6.20 Å². The van der Waals surface area contributed by atoms with Crippen LogP contribution in [0.25, 0.3) is 0 Å². The fraction of sp³-hybridized carbons (Fsp3) is 0.615. The van der Waals surface area contributed by atoms with E-state index in [1.165, 1.54) is 4.90 Å². The minimum atomic E-state index is -0.252. The van der Waals surface area contributed by atoms with Crippen LogP contribution in [0.4, 0.5) is 10.5 Å². The van der Waals surface area contributed by atoms with Gasteiger partial charge in [0.1, 0.15) is 6.54 Å². The Morgan fingerprint density at radius 3 is 3.05 bits per heavy atom. The summed E-state index contributed by atoms with van der Waals surface area (Å²) in [6, 6.07) is -0.252. The van der Waals surface area contributed by atoms with Gasteiger partial charge in [-0.25, -0.2) is 4.79 Å². The highest BCUT2D eigenvalue weighted by Gasteiger charge is 2.22. The molecule has 1 aromatic rings. The molecule has 2 N–H and O–H groups in total. The third kappa shape index (κ3) is 3.28. The number of piperazine rings is 1. The molecule has 2 rings (SSSR count). The highest BCUT2D eigenvalue weighted by atomic mass is 16.2. The molecule has 1 aromatic heterocycles. The Kier molecular flexibility index (Phi) is 4.60. The lowest BCUT2D eigenvalue weighted by Crippen LogP contribution is -2.51. The second kappa shape index (κ2) is 6.40. The van der Waals surface area contributed by atoms with E-state index in [9.17, 15) is 9.59 Å². The Morgan fingerprint density at radius 2 is 2.35 bits per heavy atom. The van der Waals surface area contributed by atoms with E-state index < -0.39 is 0 Å². The van der Waals surface area contributed by atoms with Crippen molar-refractivity contribution in [2.75, 3.05) is 25.0 Å². The molecule has 1 aliphatic rings. The minimum absolute atomic E-state index is 0.106. The van der Waals surface area contributed by atoms with Crippen LogP contribution in [0.3, 0.4) is 0 Å². The van der Waals surface area contributed by atoms with Crippen molar-refractivity contribution in [2.24, 2.45) is 0 Å². The lowest BCUT2D eigenvalue weighted by molar-refractivity contribution is -0.123. The number of unbranched alkanes of at least 4 members (excludes halogenated alkanes) is 1. The van der Waals surface area contributed by atoms with Crippen LogP contribution in [-0.2, 0) is 11.3 Å². The number of aromatic nitrogens is 2. The highest BCUT2D eigenvalue weighted by molar-refractivity contribution is 5.93. The molecule has 0 atom stereocenters. The largest absolute Gasteiger partial charge is 0.353 e. The van der Waals surface area contributed by atoms with Crippen molar-refractivity contribution in [2.45, 2.75) is 33.2 Å². The normalized spacial score (nSPS) is 15.1. The Bertz CT molecular complexity index is 497. The topological polar surface area (TPSA) is 79.3 Å². The van der Waals surface area contributed by atoms with Crippen LogP contribution in [0.5, 0.6) is 0 Å². The molecular weight excluding hydrogens is 258 g/mol. The predicted octanol–water partition coefficient (Wildman–Crippen LogP) is 0.955. The second-order valence-corrected chi connectivity index (χ2v) is 4.92. The molecule has 0 saturated carbocycles. The number of hydrogen-bond donors (Lipinski definition) is 2. The quantitative estimate of drug-likeness (QED) is 0.861. The maximum atomic E-state index is 12.1. The van der Waals surface area contributed by atoms with E-state index in [0.717, 1.165) is 25.1 Å². The van der Waals surface area contributed by atoms with Gasteiger partial charge in [0.25, 0.3) is 0 Å². The van der Waals surface area contributed by atoms with Crippen molar-refractivity contribution >= 4 is 17.6 Å². The van der Waals surface area contributed by atoms with Crippen LogP contribution in [0.1, 0.15) is 25.5 Å². The first-order valence-electron chi connectivity index (χ1n) is 6.97. The van der Waals surface area contributed by atoms with E-state index >= 15 is 0 Å². The summed E-state index contributed by atoms with van der Waals surface area (Å²) in [4.78, 5) is 24.9. The molecule has 2 heterocycles. The zero-order valence-electron chi connectivity index (χ0n) is 12.0. The van der Waals surface area contributed by atoms with Crippen molar-refractivity contribution in [3.8, 4) is 0 Å². The second-order valence-electron chi connectivity index (χ2n) is 4.92. The number of aryl methyl sites for hydroxylation is 1. The summed E-state index contributed by atoms with van der Waals surface area (Å²) in [5.74, 6) is -0.123. The van der Waals surface area contributed by atoms with Crippen LogP contribution in [0.2, 0.25) is 0 Å². The molecule has 1 fully saturated rings. The molecule has 110 valence electrons. The molecule has 0 aliphatic carbocycles. The first-order chi connectivity index (χ1) is 9.61. The molecule has 0 aromatic carbocycles. The molecule has 20 heavy (non-hydrogen) atoms. The first-order valence-corrected chi connectivity index (χ1v) is 6.97. The van der Waals surface area contributed by atoms with E-state index in [1.807, 2.05) is 11.6 Å². The average molecular weight is 279 g/mol. The van der Waals surface area contributed by atoms with Gasteiger partial charge in [0.2, 0.25) is 5.91 Å². The lowest BCUT2D eigenvalue weighted by atomic mass is 10.3. The summed E-state index contributed by atoms with van der Waals surface area (Å²) in [6.07, 6.45) is 3.82. The van der Waals surface area contributed by atoms with Crippen LogP contribution in [0.15, 0.2) is 6.20 Å². The predicted molar refractivity (Wildman–Crippen MR) is 75.5 cm³/mol. The van der Waals surface area contributed by atoms with Gasteiger partial charge in [-0.3, -0.25) is 9.48 Å². The van der Waals surface area contributed by atoms with Crippen LogP contribution in [-0.4, -0.2) is 46.3 Å². The Morgan fingerprint density at radius 1 is 1.55 bits per heavy atom. The number of carbonyl (C=O) groups is 2. The maximum absolute atomic E-state index is 12.1. The number of amides is 3. The maximum Gasteiger partial charge on any atom is 0.322 e. The number of carbonyl (C=O) groups excluding carboxylic acids is 2. The van der Waals surface area contributed by atoms with Crippen molar-refractivity contribution < 1.29 is 9.59 Å². The molecule has 3 amide bonds. The smallest absolute Gasteiger partial charge is 0.322 e. The Balaban J connectivity index is 1.97. The van der Waals surface area contributed by atoms with Gasteiger partial charge in [0.05, 0.1) is 17.6 Å². The Hall–Kier alpha value is -2.05. The van der Waals surface area contributed by atoms with E-state index in [4.69, 9.17) is 0 Å². The number of urea groups is 1. The molecular formula is C13H21N5O2. The fourth-order valence-corrected chi connectivity index (χ4v) is 2.11. The zero-order valence-corrected chi connectivity index (χ0v) is 12.0. The highest BCUT2D eigenvalue weighted by Crippen LogP contribution is 2.15. The third-order valence-electron chi connectivity index (χ3n) is 3.39. The number of nitrogens with one attached hydrogen (secondary N) is 2. The summed E-state index contributed by atoms with van der Waals surface area (Å²) >= 11 is 0. The summed E-state index contributed by atoms with van der Waals surface area (Å²) < 4.78 is 1.89. The van der Waals surface area contributed by atoms with Gasteiger partial charge in [-0.15, -0.1) is 0 Å². The Labute approximate surface area is 118 Å². The van der Waals surface area contributed by atoms with Crippen LogP contribution < -0.4 is 10.6 Å². The standard InChI is InChI=1S/C13H21N5O2/c1-3-4-6-18-10(2)11(8-15-18)16-13(20)17-7-5-14-12(19)9-17/h8H,3-7,9H2,1-2H3,(H,14,19)(H,16,20). The zero-order chi connectivity index (χ0) is 14.5. The van der Waals surface area contributed by atoms with Gasteiger partial charge in [-0.1, -0.05) is 13.3 Å². The first kappa shape index (κ1) is 14.4. The van der Waals surface area contributed by atoms with Gasteiger partial charge in [-0.05, 0) is 13.3 Å². The van der Waals surface area contributed by atoms with E-state index in [0.29, 0.717) is 18.8 Å². The van der Waals surface area contributed by atoms with E-state index in [-0.39, 0.29) is 18.5 Å². The third-order valence-corrected chi connectivity index (χ3v) is 3.39. The van der Waals surface area contributed by atoms with Gasteiger partial charge in [-0.2, -0.15) is 5.10 Å². The van der Waals surface area contributed by atoms with Gasteiger partial charge in [0, 0.05) is 19.6 Å². The van der Waals surface area contributed by atoms with Crippen LogP contribution >= 0.6 is 0 Å². The summed E-state index contributed by atoms with van der Waals surface area (Å²) in [6.45, 7) is 6.05. The van der Waals surface area contributed by atoms with Gasteiger partial charge >= 0.3 is 6.03 Å². The molecule has 7 heteroatoms. The van der Waals surface area contributed by atoms with Crippen LogP contribution in [0, 0.1) is 6.92 Å². The number of anilines is 1. The molecule has 0 unspecified atom stereocenters. The number of hydrogen-bond acceptors (Lipinski definition) is 3. The summed E-state index contributed by atoms with van der Waals surface area (Å²) in [5, 5.41) is 9.78. The SMILES string of the molecule is CCCCn1ncc(NC(=O)N2CCNC(=O)C2)c1C. The van der Waals surface area contributed by atoms with Crippen molar-refractivity contribution in [3.63, 3.8) is 0 Å². The number of nitrogens with zero attached hydrogens (tertiary/aromatic N) is 3.